The van der Waals surface area contributed by atoms with Gasteiger partial charge in [0.1, 0.15) is 5.65 Å². The lowest BCUT2D eigenvalue weighted by Gasteiger charge is -2.09. The first kappa shape index (κ1) is 13.6. The lowest BCUT2D eigenvalue weighted by Crippen LogP contribution is -2.13. The molecule has 1 N–H and O–H groups in total. The Bertz CT molecular complexity index is 839. The molecule has 0 saturated carbocycles. The number of anilines is 1. The highest BCUT2D eigenvalue weighted by Crippen LogP contribution is 2.23. The Morgan fingerprint density at radius 2 is 2.10 bits per heavy atom. The molecular weight excluding hydrogens is 286 g/mol. The molecule has 0 unspecified atom stereocenters. The normalized spacial score (nSPS) is 10.8. The van der Waals surface area contributed by atoms with Gasteiger partial charge in [-0.2, -0.15) is 0 Å². The number of nitrogens with zero attached hydrogens (tertiary/aromatic N) is 2. The van der Waals surface area contributed by atoms with E-state index in [1.165, 1.54) is 0 Å². The summed E-state index contributed by atoms with van der Waals surface area (Å²) in [6, 6.07) is 8.97. The maximum atomic E-state index is 12.3. The van der Waals surface area contributed by atoms with Crippen LogP contribution in [0, 0.1) is 13.8 Å². The molecule has 4 nitrogen and oxygen atoms in total. The smallest absolute Gasteiger partial charge is 0.255 e. The summed E-state index contributed by atoms with van der Waals surface area (Å²) in [6.07, 6.45) is 3.74. The van der Waals surface area contributed by atoms with Crippen molar-refractivity contribution >= 4 is 28.8 Å². The average molecular weight is 300 g/mol. The number of aryl methyl sites for hydroxylation is 1. The van der Waals surface area contributed by atoms with Crippen LogP contribution in [0.15, 0.2) is 42.7 Å². The highest BCUT2D eigenvalue weighted by molar-refractivity contribution is 6.31. The molecule has 0 aliphatic carbocycles. The summed E-state index contributed by atoms with van der Waals surface area (Å²) < 4.78 is 1.89. The maximum Gasteiger partial charge on any atom is 0.255 e. The number of carbonyl (C=O) groups excluding carboxylic acids is 1. The largest absolute Gasteiger partial charge is 0.322 e. The lowest BCUT2D eigenvalue weighted by molar-refractivity contribution is 0.102. The fourth-order valence-electron chi connectivity index (χ4n) is 2.19. The van der Waals surface area contributed by atoms with E-state index in [-0.39, 0.29) is 5.91 Å². The van der Waals surface area contributed by atoms with Gasteiger partial charge in [-0.1, -0.05) is 17.7 Å². The van der Waals surface area contributed by atoms with Crippen molar-refractivity contribution in [3.63, 3.8) is 0 Å². The number of amides is 1. The van der Waals surface area contributed by atoms with Gasteiger partial charge in [0, 0.05) is 28.7 Å². The standard InChI is InChI=1S/C16H14ClN3O/c1-10-9-20-7-6-12(8-15(20)18-10)16(21)19-14-5-3-4-13(17)11(14)2/h3-9H,1-2H3,(H,19,21). The molecule has 0 aliphatic rings. The van der Waals surface area contributed by atoms with E-state index in [4.69, 9.17) is 11.6 Å². The third-order valence-electron chi connectivity index (χ3n) is 3.36. The van der Waals surface area contributed by atoms with Crippen molar-refractivity contribution in [1.82, 2.24) is 9.38 Å². The zero-order valence-electron chi connectivity index (χ0n) is 11.7. The highest BCUT2D eigenvalue weighted by Gasteiger charge is 2.10. The van der Waals surface area contributed by atoms with Gasteiger partial charge < -0.3 is 9.72 Å². The highest BCUT2D eigenvalue weighted by atomic mass is 35.5. The summed E-state index contributed by atoms with van der Waals surface area (Å²) in [5.74, 6) is -0.177. The number of fused-ring (bicyclic) bond motifs is 1. The van der Waals surface area contributed by atoms with Crippen molar-refractivity contribution in [2.75, 3.05) is 5.32 Å². The minimum atomic E-state index is -0.177. The molecule has 0 bridgehead atoms. The quantitative estimate of drug-likeness (QED) is 0.781. The van der Waals surface area contributed by atoms with Crippen LogP contribution >= 0.6 is 11.6 Å². The fraction of sp³-hybridized carbons (Fsp3) is 0.125. The number of hydrogen-bond acceptors (Lipinski definition) is 2. The van der Waals surface area contributed by atoms with Crippen LogP contribution in [0.5, 0.6) is 0 Å². The first-order valence-corrected chi connectivity index (χ1v) is 6.94. The fourth-order valence-corrected chi connectivity index (χ4v) is 2.36. The Labute approximate surface area is 127 Å². The van der Waals surface area contributed by atoms with E-state index in [1.807, 2.05) is 42.8 Å². The molecule has 0 saturated heterocycles. The number of nitrogens with one attached hydrogen (secondary N) is 1. The molecule has 2 aromatic heterocycles. The SMILES string of the molecule is Cc1cn2ccc(C(=O)Nc3cccc(Cl)c3C)cc2n1. The molecule has 3 aromatic rings. The van der Waals surface area contributed by atoms with E-state index in [0.717, 1.165) is 16.9 Å². The van der Waals surface area contributed by atoms with Crippen LogP contribution in [0.4, 0.5) is 5.69 Å². The minimum Gasteiger partial charge on any atom is -0.322 e. The molecule has 1 aromatic carbocycles. The molecule has 0 aliphatic heterocycles. The number of halogens is 1. The number of benzene rings is 1. The number of pyridine rings is 1. The van der Waals surface area contributed by atoms with Gasteiger partial charge in [0.2, 0.25) is 0 Å². The Hall–Kier alpha value is -2.33. The zero-order valence-corrected chi connectivity index (χ0v) is 12.5. The van der Waals surface area contributed by atoms with E-state index < -0.39 is 0 Å². The molecule has 3 rings (SSSR count). The summed E-state index contributed by atoms with van der Waals surface area (Å²) in [6.45, 7) is 3.79. The molecule has 0 fully saturated rings. The number of carbonyl (C=O) groups is 1. The maximum absolute atomic E-state index is 12.3. The van der Waals surface area contributed by atoms with Gasteiger partial charge in [0.25, 0.3) is 5.91 Å². The van der Waals surface area contributed by atoms with Gasteiger partial charge in [-0.25, -0.2) is 4.98 Å². The molecule has 0 radical (unpaired) electrons. The molecule has 1 amide bonds. The molecule has 2 heterocycles. The Morgan fingerprint density at radius 1 is 1.29 bits per heavy atom. The number of aromatic nitrogens is 2. The molecule has 0 spiro atoms. The van der Waals surface area contributed by atoms with Crippen molar-refractivity contribution in [3.05, 3.63) is 64.6 Å². The second kappa shape index (κ2) is 5.22. The van der Waals surface area contributed by atoms with Gasteiger partial charge in [-0.05, 0) is 43.7 Å². The summed E-state index contributed by atoms with van der Waals surface area (Å²) in [5, 5.41) is 3.51. The first-order valence-electron chi connectivity index (χ1n) is 6.56. The zero-order chi connectivity index (χ0) is 15.0. The Morgan fingerprint density at radius 3 is 2.90 bits per heavy atom. The summed E-state index contributed by atoms with van der Waals surface area (Å²) in [7, 11) is 0. The van der Waals surface area contributed by atoms with Crippen LogP contribution < -0.4 is 5.32 Å². The van der Waals surface area contributed by atoms with Crippen LogP contribution in [-0.2, 0) is 0 Å². The van der Waals surface area contributed by atoms with E-state index in [0.29, 0.717) is 16.3 Å². The molecule has 21 heavy (non-hydrogen) atoms. The van der Waals surface area contributed by atoms with Crippen LogP contribution in [0.2, 0.25) is 5.02 Å². The van der Waals surface area contributed by atoms with Gasteiger partial charge in [-0.3, -0.25) is 4.79 Å². The lowest BCUT2D eigenvalue weighted by atomic mass is 10.2. The van der Waals surface area contributed by atoms with E-state index >= 15 is 0 Å². The van der Waals surface area contributed by atoms with Crippen LogP contribution in [0.25, 0.3) is 5.65 Å². The monoisotopic (exact) mass is 299 g/mol. The van der Waals surface area contributed by atoms with Gasteiger partial charge in [-0.15, -0.1) is 0 Å². The second-order valence-electron chi connectivity index (χ2n) is 4.93. The topological polar surface area (TPSA) is 46.4 Å². The van der Waals surface area contributed by atoms with Crippen LogP contribution in [-0.4, -0.2) is 15.3 Å². The second-order valence-corrected chi connectivity index (χ2v) is 5.34. The van der Waals surface area contributed by atoms with Gasteiger partial charge in [0.15, 0.2) is 0 Å². The van der Waals surface area contributed by atoms with E-state index in [2.05, 4.69) is 10.3 Å². The van der Waals surface area contributed by atoms with Crippen LogP contribution in [0.1, 0.15) is 21.6 Å². The average Bonchev–Trinajstić information content (AvgIpc) is 2.82. The van der Waals surface area contributed by atoms with Crippen molar-refractivity contribution in [2.24, 2.45) is 0 Å². The van der Waals surface area contributed by atoms with Crippen LogP contribution in [0.3, 0.4) is 0 Å². The van der Waals surface area contributed by atoms with E-state index in [9.17, 15) is 4.79 Å². The summed E-state index contributed by atoms with van der Waals surface area (Å²) in [4.78, 5) is 16.7. The van der Waals surface area contributed by atoms with Crippen molar-refractivity contribution in [2.45, 2.75) is 13.8 Å². The Balaban J connectivity index is 1.91. The number of hydrogen-bond donors (Lipinski definition) is 1. The molecule has 106 valence electrons. The minimum absolute atomic E-state index is 0.177. The molecule has 5 heteroatoms. The number of rotatable bonds is 2. The van der Waals surface area contributed by atoms with Crippen molar-refractivity contribution < 1.29 is 4.79 Å². The van der Waals surface area contributed by atoms with Crippen molar-refractivity contribution in [3.8, 4) is 0 Å². The van der Waals surface area contributed by atoms with Gasteiger partial charge in [0.05, 0.1) is 5.69 Å². The molecule has 0 atom stereocenters. The number of imidazole rings is 1. The predicted octanol–water partition coefficient (Wildman–Crippen LogP) is 3.86. The van der Waals surface area contributed by atoms with Crippen molar-refractivity contribution in [1.29, 1.82) is 0 Å². The van der Waals surface area contributed by atoms with E-state index in [1.54, 1.807) is 18.2 Å². The summed E-state index contributed by atoms with van der Waals surface area (Å²) in [5.41, 5.74) is 3.80. The Kier molecular flexibility index (Phi) is 3.39. The third kappa shape index (κ3) is 2.62. The third-order valence-corrected chi connectivity index (χ3v) is 3.77. The first-order chi connectivity index (χ1) is 10.0. The molecular formula is C16H14ClN3O. The summed E-state index contributed by atoms with van der Waals surface area (Å²) >= 11 is 6.06. The predicted molar refractivity (Wildman–Crippen MR) is 84.1 cm³/mol. The van der Waals surface area contributed by atoms with Gasteiger partial charge >= 0.3 is 0 Å².